The fourth-order valence-electron chi connectivity index (χ4n) is 5.77. The Morgan fingerprint density at radius 2 is 1.29 bits per heavy atom. The van der Waals surface area contributed by atoms with Crippen molar-refractivity contribution in [2.75, 3.05) is 0 Å². The summed E-state index contributed by atoms with van der Waals surface area (Å²) in [6.45, 7) is 0. The molecule has 1 aromatic heterocycles. The van der Waals surface area contributed by atoms with Crippen LogP contribution in [0.15, 0.2) is 151 Å². The summed E-state index contributed by atoms with van der Waals surface area (Å²) < 4.78 is 123. The Labute approximate surface area is 261 Å². The lowest BCUT2D eigenvalue weighted by atomic mass is 9.90. The number of benzene rings is 7. The van der Waals surface area contributed by atoms with E-state index in [-0.39, 0.29) is 44.3 Å². The molecular weight excluding hydrogens is 510 g/mol. The molecule has 2 heteroatoms. The predicted molar refractivity (Wildman–Crippen MR) is 175 cm³/mol. The van der Waals surface area contributed by atoms with Crippen LogP contribution in [0.3, 0.4) is 0 Å². The van der Waals surface area contributed by atoms with E-state index in [9.17, 15) is 2.74 Å². The maximum atomic E-state index is 9.57. The molecule has 196 valence electrons. The zero-order valence-electron chi connectivity index (χ0n) is 34.8. The highest BCUT2D eigenvalue weighted by molar-refractivity contribution is 6.11. The number of fused-ring (bicyclic) bond motifs is 5. The molecule has 0 fully saturated rings. The first-order chi connectivity index (χ1) is 26.3. The summed E-state index contributed by atoms with van der Waals surface area (Å²) in [5.74, 6) is -0.772. The van der Waals surface area contributed by atoms with E-state index >= 15 is 0 Å². The fourth-order valence-corrected chi connectivity index (χ4v) is 5.77. The first-order valence-electron chi connectivity index (χ1n) is 19.8. The zero-order valence-corrected chi connectivity index (χ0v) is 21.8. The van der Waals surface area contributed by atoms with Gasteiger partial charge in [0.15, 0.2) is 0 Å². The average molecular weight is 549 g/mol. The first-order valence-corrected chi connectivity index (χ1v) is 13.3. The molecule has 0 saturated carbocycles. The topological polar surface area (TPSA) is 14.2 Å². The van der Waals surface area contributed by atoms with E-state index in [0.717, 1.165) is 27.5 Å². The van der Waals surface area contributed by atoms with Crippen LogP contribution in [0.2, 0.25) is 0 Å². The number of aromatic nitrogens is 1. The van der Waals surface area contributed by atoms with Crippen LogP contribution >= 0.6 is 0 Å². The Kier molecular flexibility index (Phi) is 2.95. The molecule has 0 radical (unpaired) electrons. The highest BCUT2D eigenvalue weighted by atomic mass is 16.5. The molecule has 42 heavy (non-hydrogen) atoms. The lowest BCUT2D eigenvalue weighted by Crippen LogP contribution is -1.97. The van der Waals surface area contributed by atoms with E-state index in [4.69, 9.17) is 19.8 Å². The van der Waals surface area contributed by atoms with Crippen LogP contribution in [0.1, 0.15) is 17.8 Å². The fraction of sp³-hybridized carbons (Fsp3) is 0. The van der Waals surface area contributed by atoms with Gasteiger partial charge < -0.3 is 9.30 Å². The minimum absolute atomic E-state index is 0.0321. The molecule has 1 aliphatic rings. The van der Waals surface area contributed by atoms with Crippen LogP contribution in [-0.4, -0.2) is 4.57 Å². The van der Waals surface area contributed by atoms with Crippen molar-refractivity contribution in [3.8, 4) is 50.6 Å². The Morgan fingerprint density at radius 1 is 0.500 bits per heavy atom. The van der Waals surface area contributed by atoms with Gasteiger partial charge in [-0.1, -0.05) is 103 Å². The van der Waals surface area contributed by atoms with E-state index in [1.54, 1.807) is 6.07 Å². The molecule has 0 aliphatic carbocycles. The molecule has 7 aromatic carbocycles. The lowest BCUT2D eigenvalue weighted by molar-refractivity contribution is 0.487. The highest BCUT2D eigenvalue weighted by Gasteiger charge is 2.21. The van der Waals surface area contributed by atoms with Crippen molar-refractivity contribution in [1.82, 2.24) is 4.57 Å². The summed E-state index contributed by atoms with van der Waals surface area (Å²) in [5.41, 5.74) is 1.90. The molecule has 1 aliphatic heterocycles. The third kappa shape index (κ3) is 3.39. The highest BCUT2D eigenvalue weighted by Crippen LogP contribution is 2.48. The number of hydrogen-bond donors (Lipinski definition) is 0. The van der Waals surface area contributed by atoms with Gasteiger partial charge in [0, 0.05) is 27.4 Å². The van der Waals surface area contributed by atoms with Crippen LogP contribution in [-0.2, 0) is 0 Å². The molecule has 0 amide bonds. The van der Waals surface area contributed by atoms with E-state index in [0.29, 0.717) is 5.56 Å². The first kappa shape index (κ1) is 13.8. The average Bonchev–Trinajstić information content (AvgIpc) is 3.52. The van der Waals surface area contributed by atoms with Crippen molar-refractivity contribution >= 4 is 32.6 Å². The normalized spacial score (nSPS) is 16.3. The third-order valence-electron chi connectivity index (χ3n) is 7.61. The summed E-state index contributed by atoms with van der Waals surface area (Å²) in [4.78, 5) is 0. The monoisotopic (exact) mass is 548 g/mol. The number of nitrogens with zero attached hydrogens (tertiary/aromatic N) is 1. The third-order valence-corrected chi connectivity index (χ3v) is 7.61. The molecule has 2 heterocycles. The SMILES string of the molecule is [2H]c1c([2H])c([2H])c2c(c1[2H])Oc1c([2H])c([2H])c(-c3c([2H])c([2H])c([2H])c(-c4ccc5c(c4)c4ccccc4n5-c4ccccc4)c3[2H])c3c([2H])c([2H])c([2H])c-2c13. The van der Waals surface area contributed by atoms with Crippen LogP contribution in [0.5, 0.6) is 11.5 Å². The van der Waals surface area contributed by atoms with Gasteiger partial charge >= 0.3 is 0 Å². The number of para-hydroxylation sites is 3. The van der Waals surface area contributed by atoms with Gasteiger partial charge in [0.2, 0.25) is 0 Å². The Morgan fingerprint density at radius 3 is 2.24 bits per heavy atom. The largest absolute Gasteiger partial charge is 0.456 e. The van der Waals surface area contributed by atoms with Crippen LogP contribution < -0.4 is 4.74 Å². The second-order valence-electron chi connectivity index (χ2n) is 9.93. The van der Waals surface area contributed by atoms with Crippen LogP contribution in [0.25, 0.3) is 71.6 Å². The minimum Gasteiger partial charge on any atom is -0.456 e. The smallest absolute Gasteiger partial charge is 0.135 e. The molecule has 0 bridgehead atoms. The molecule has 8 aromatic rings. The van der Waals surface area contributed by atoms with E-state index < -0.39 is 84.3 Å². The summed E-state index contributed by atoms with van der Waals surface area (Å²) in [7, 11) is 0. The lowest BCUT2D eigenvalue weighted by Gasteiger charge is -2.22. The maximum absolute atomic E-state index is 9.57. The molecule has 0 N–H and O–H groups in total. The zero-order chi connectivity index (χ0) is 38.9. The van der Waals surface area contributed by atoms with Crippen molar-refractivity contribution in [1.29, 1.82) is 0 Å². The summed E-state index contributed by atoms with van der Waals surface area (Å²) >= 11 is 0. The molecule has 9 rings (SSSR count). The number of rotatable bonds is 3. The van der Waals surface area contributed by atoms with Crippen molar-refractivity contribution in [3.05, 3.63) is 151 Å². The van der Waals surface area contributed by atoms with Crippen molar-refractivity contribution in [3.63, 3.8) is 0 Å². The van der Waals surface area contributed by atoms with Gasteiger partial charge in [-0.05, 0) is 81.7 Å². The number of hydrogen-bond acceptors (Lipinski definition) is 1. The van der Waals surface area contributed by atoms with E-state index in [1.165, 1.54) is 0 Å². The van der Waals surface area contributed by atoms with Crippen LogP contribution in [0.4, 0.5) is 0 Å². The summed E-state index contributed by atoms with van der Waals surface area (Å²) in [6, 6.07) is 15.4. The van der Waals surface area contributed by atoms with E-state index in [2.05, 4.69) is 4.57 Å². The molecule has 0 unspecified atom stereocenters. The van der Waals surface area contributed by atoms with Gasteiger partial charge in [-0.2, -0.15) is 0 Å². The quantitative estimate of drug-likeness (QED) is 0.214. The maximum Gasteiger partial charge on any atom is 0.135 e. The molecule has 2 nitrogen and oxygen atoms in total. The molecule has 0 saturated heterocycles. The van der Waals surface area contributed by atoms with Gasteiger partial charge in [0.05, 0.1) is 28.9 Å². The van der Waals surface area contributed by atoms with E-state index in [1.807, 2.05) is 66.7 Å². The van der Waals surface area contributed by atoms with Crippen LogP contribution in [0, 0.1) is 0 Å². The van der Waals surface area contributed by atoms with Gasteiger partial charge in [0.25, 0.3) is 0 Å². The second-order valence-corrected chi connectivity index (χ2v) is 9.93. The van der Waals surface area contributed by atoms with Gasteiger partial charge in [-0.15, -0.1) is 0 Å². The Balaban J connectivity index is 1.38. The van der Waals surface area contributed by atoms with Gasteiger partial charge in [0.1, 0.15) is 11.5 Å². The summed E-state index contributed by atoms with van der Waals surface area (Å²) in [5, 5.41) is 1.28. The number of ether oxygens (including phenoxy) is 1. The summed E-state index contributed by atoms with van der Waals surface area (Å²) in [6.07, 6.45) is 0. The van der Waals surface area contributed by atoms with Gasteiger partial charge in [-0.3, -0.25) is 0 Å². The molecular formula is C40H25NO. The van der Waals surface area contributed by atoms with Crippen molar-refractivity contribution in [2.45, 2.75) is 0 Å². The minimum atomic E-state index is -0.658. The second kappa shape index (κ2) is 8.95. The Hall–Kier alpha value is -5.60. The van der Waals surface area contributed by atoms with Crippen molar-refractivity contribution < 1.29 is 22.6 Å². The van der Waals surface area contributed by atoms with Crippen molar-refractivity contribution in [2.24, 2.45) is 0 Å². The molecule has 0 spiro atoms. The van der Waals surface area contributed by atoms with Gasteiger partial charge in [-0.25, -0.2) is 0 Å². The molecule has 0 atom stereocenters. The Bertz CT molecular complexity index is 3050. The predicted octanol–water partition coefficient (Wildman–Crippen LogP) is 11.0. The standard InChI is InChI=1S/C40H25NO/c1-2-12-29(13-3-1)41-36-18-6-4-14-31(36)35-25-27(20-22-37(35)41)26-10-8-11-28(24-26)30-21-23-39-40-33(30)16-9-17-34(40)32-15-5-7-19-38(32)42-39/h1-25H/i5D,7D,8D,9D,10D,11D,15D,16D,17D,19D,21D,23D,24D.